The summed E-state index contributed by atoms with van der Waals surface area (Å²) in [7, 11) is 0. The fourth-order valence-corrected chi connectivity index (χ4v) is 3.38. The molecule has 3 unspecified atom stereocenters. The van der Waals surface area contributed by atoms with E-state index < -0.39 is 0 Å². The van der Waals surface area contributed by atoms with Crippen molar-refractivity contribution in [1.82, 2.24) is 9.97 Å². The van der Waals surface area contributed by atoms with Crippen LogP contribution in [0.4, 0.5) is 11.6 Å². The third-order valence-corrected chi connectivity index (χ3v) is 4.76. The van der Waals surface area contributed by atoms with Gasteiger partial charge in [-0.1, -0.05) is 32.5 Å². The number of rotatable bonds is 6. The van der Waals surface area contributed by atoms with Crippen molar-refractivity contribution < 1.29 is 0 Å². The standard InChI is InChI=1S/C16H28N4S/c1-5-8-17-14-10-15(20-16(19-14)21-4)18-13-7-6-11(2)9-12(13)3/h10-13H,5-9H2,1-4H3,(H2,17,18,19,20). The van der Waals surface area contributed by atoms with Gasteiger partial charge in [-0.2, -0.15) is 0 Å². The Bertz CT molecular complexity index is 452. The minimum absolute atomic E-state index is 0.532. The van der Waals surface area contributed by atoms with Crippen molar-refractivity contribution in [3.05, 3.63) is 6.07 Å². The Balaban J connectivity index is 2.07. The minimum atomic E-state index is 0.532. The van der Waals surface area contributed by atoms with Crippen LogP contribution in [-0.4, -0.2) is 28.8 Å². The maximum absolute atomic E-state index is 4.61. The lowest BCUT2D eigenvalue weighted by molar-refractivity contribution is 0.276. The molecule has 1 saturated carbocycles. The van der Waals surface area contributed by atoms with Crippen molar-refractivity contribution in [3.63, 3.8) is 0 Å². The zero-order valence-corrected chi connectivity index (χ0v) is 14.5. The first kappa shape index (κ1) is 16.4. The van der Waals surface area contributed by atoms with Crippen LogP contribution in [0.5, 0.6) is 0 Å². The Morgan fingerprint density at radius 2 is 2.00 bits per heavy atom. The molecule has 0 amide bonds. The molecule has 1 aromatic rings. The van der Waals surface area contributed by atoms with Crippen molar-refractivity contribution in [2.24, 2.45) is 11.8 Å². The molecule has 0 aromatic carbocycles. The maximum atomic E-state index is 4.61. The maximum Gasteiger partial charge on any atom is 0.191 e. The number of hydrogen-bond acceptors (Lipinski definition) is 5. The van der Waals surface area contributed by atoms with Crippen LogP contribution < -0.4 is 10.6 Å². The summed E-state index contributed by atoms with van der Waals surface area (Å²) in [5.74, 6) is 3.44. The molecule has 0 spiro atoms. The van der Waals surface area contributed by atoms with E-state index in [-0.39, 0.29) is 0 Å². The summed E-state index contributed by atoms with van der Waals surface area (Å²) < 4.78 is 0. The monoisotopic (exact) mass is 308 g/mol. The van der Waals surface area contributed by atoms with Crippen LogP contribution in [0.1, 0.15) is 46.5 Å². The van der Waals surface area contributed by atoms with E-state index in [1.807, 2.05) is 12.3 Å². The fourth-order valence-electron chi connectivity index (χ4n) is 3.00. The van der Waals surface area contributed by atoms with E-state index >= 15 is 0 Å². The highest BCUT2D eigenvalue weighted by atomic mass is 32.2. The molecule has 1 aromatic heterocycles. The molecule has 0 radical (unpaired) electrons. The van der Waals surface area contributed by atoms with Crippen molar-refractivity contribution in [1.29, 1.82) is 0 Å². The SMILES string of the molecule is CCCNc1cc(NC2CCC(C)CC2C)nc(SC)n1. The van der Waals surface area contributed by atoms with Crippen molar-refractivity contribution in [2.45, 2.75) is 57.7 Å². The highest BCUT2D eigenvalue weighted by molar-refractivity contribution is 7.98. The lowest BCUT2D eigenvalue weighted by Crippen LogP contribution is -2.33. The number of thioether (sulfide) groups is 1. The second-order valence-corrected chi connectivity index (χ2v) is 6.97. The summed E-state index contributed by atoms with van der Waals surface area (Å²) in [5.41, 5.74) is 0. The molecule has 2 rings (SSSR count). The number of aromatic nitrogens is 2. The van der Waals surface area contributed by atoms with E-state index in [9.17, 15) is 0 Å². The quantitative estimate of drug-likeness (QED) is 0.607. The Labute approximate surface area is 132 Å². The van der Waals surface area contributed by atoms with Crippen molar-refractivity contribution >= 4 is 23.4 Å². The molecular weight excluding hydrogens is 280 g/mol. The summed E-state index contributed by atoms with van der Waals surface area (Å²) in [6, 6.07) is 2.57. The number of nitrogens with zero attached hydrogens (tertiary/aromatic N) is 2. The van der Waals surface area contributed by atoms with Gasteiger partial charge in [0.15, 0.2) is 5.16 Å². The molecule has 1 aliphatic rings. The first-order chi connectivity index (χ1) is 10.1. The predicted molar refractivity (Wildman–Crippen MR) is 92.2 cm³/mol. The normalized spacial score (nSPS) is 25.6. The first-order valence-corrected chi connectivity index (χ1v) is 9.28. The fraction of sp³-hybridized carbons (Fsp3) is 0.750. The van der Waals surface area contributed by atoms with Gasteiger partial charge in [0.1, 0.15) is 11.6 Å². The molecule has 5 heteroatoms. The van der Waals surface area contributed by atoms with Crippen LogP contribution >= 0.6 is 11.8 Å². The average Bonchev–Trinajstić information content (AvgIpc) is 2.48. The van der Waals surface area contributed by atoms with Gasteiger partial charge in [0.05, 0.1) is 0 Å². The molecule has 21 heavy (non-hydrogen) atoms. The van der Waals surface area contributed by atoms with Gasteiger partial charge in [-0.3, -0.25) is 0 Å². The highest BCUT2D eigenvalue weighted by Crippen LogP contribution is 2.31. The van der Waals surface area contributed by atoms with E-state index in [0.29, 0.717) is 12.0 Å². The Kier molecular flexibility index (Phi) is 6.15. The van der Waals surface area contributed by atoms with Gasteiger partial charge in [-0.15, -0.1) is 0 Å². The second-order valence-electron chi connectivity index (χ2n) is 6.20. The largest absolute Gasteiger partial charge is 0.370 e. The summed E-state index contributed by atoms with van der Waals surface area (Å²) in [4.78, 5) is 9.12. The molecule has 1 heterocycles. The van der Waals surface area contributed by atoms with Gasteiger partial charge < -0.3 is 10.6 Å². The van der Waals surface area contributed by atoms with Crippen LogP contribution in [0.25, 0.3) is 0 Å². The van der Waals surface area contributed by atoms with E-state index in [4.69, 9.17) is 0 Å². The van der Waals surface area contributed by atoms with Gasteiger partial charge in [0.25, 0.3) is 0 Å². The summed E-state index contributed by atoms with van der Waals surface area (Å²) in [5, 5.41) is 7.83. The molecule has 0 bridgehead atoms. The van der Waals surface area contributed by atoms with Crippen molar-refractivity contribution in [3.8, 4) is 0 Å². The van der Waals surface area contributed by atoms with Gasteiger partial charge in [-0.25, -0.2) is 9.97 Å². The summed E-state index contributed by atoms with van der Waals surface area (Å²) in [6.45, 7) is 7.81. The van der Waals surface area contributed by atoms with Gasteiger partial charge in [0, 0.05) is 18.7 Å². The average molecular weight is 308 g/mol. The lowest BCUT2D eigenvalue weighted by Gasteiger charge is -2.33. The van der Waals surface area contributed by atoms with Crippen LogP contribution in [0.15, 0.2) is 11.2 Å². The summed E-state index contributed by atoms with van der Waals surface area (Å²) >= 11 is 1.59. The van der Waals surface area contributed by atoms with Gasteiger partial charge in [0.2, 0.25) is 0 Å². The first-order valence-electron chi connectivity index (χ1n) is 8.05. The third kappa shape index (κ3) is 4.77. The van der Waals surface area contributed by atoms with E-state index in [0.717, 1.165) is 35.7 Å². The molecule has 1 fully saturated rings. The molecule has 3 atom stereocenters. The zero-order valence-electron chi connectivity index (χ0n) is 13.6. The van der Waals surface area contributed by atoms with Gasteiger partial charge in [-0.05, 0) is 43.8 Å². The summed E-state index contributed by atoms with van der Waals surface area (Å²) in [6.07, 6.45) is 6.97. The Morgan fingerprint density at radius 1 is 1.24 bits per heavy atom. The van der Waals surface area contributed by atoms with E-state index in [1.165, 1.54) is 19.3 Å². The van der Waals surface area contributed by atoms with Crippen LogP contribution in [0.3, 0.4) is 0 Å². The molecule has 0 saturated heterocycles. The van der Waals surface area contributed by atoms with Crippen molar-refractivity contribution in [2.75, 3.05) is 23.4 Å². The zero-order chi connectivity index (χ0) is 15.2. The lowest BCUT2D eigenvalue weighted by atomic mass is 9.80. The van der Waals surface area contributed by atoms with Gasteiger partial charge >= 0.3 is 0 Å². The number of anilines is 2. The molecule has 2 N–H and O–H groups in total. The van der Waals surface area contributed by atoms with Crippen LogP contribution in [-0.2, 0) is 0 Å². The Hall–Kier alpha value is -0.970. The molecular formula is C16H28N4S. The third-order valence-electron chi connectivity index (χ3n) is 4.21. The predicted octanol–water partition coefficient (Wildman–Crippen LogP) is 4.26. The van der Waals surface area contributed by atoms with Crippen LogP contribution in [0.2, 0.25) is 0 Å². The number of nitrogens with one attached hydrogen (secondary N) is 2. The molecule has 4 nitrogen and oxygen atoms in total. The van der Waals surface area contributed by atoms with Crippen LogP contribution in [0, 0.1) is 11.8 Å². The number of hydrogen-bond donors (Lipinski definition) is 2. The topological polar surface area (TPSA) is 49.8 Å². The minimum Gasteiger partial charge on any atom is -0.370 e. The molecule has 0 aliphatic heterocycles. The van der Waals surface area contributed by atoms with E-state index in [1.54, 1.807) is 11.8 Å². The second kappa shape index (κ2) is 7.87. The highest BCUT2D eigenvalue weighted by Gasteiger charge is 2.25. The Morgan fingerprint density at radius 3 is 2.67 bits per heavy atom. The van der Waals surface area contributed by atoms with E-state index in [2.05, 4.69) is 41.4 Å². The smallest absolute Gasteiger partial charge is 0.191 e. The molecule has 1 aliphatic carbocycles. The molecule has 118 valence electrons.